The van der Waals surface area contributed by atoms with Crippen LogP contribution in [0.25, 0.3) is 0 Å². The van der Waals surface area contributed by atoms with Crippen molar-refractivity contribution in [1.82, 2.24) is 0 Å². The molecule has 3 rings (SSSR count). The number of aliphatic hydroxyl groups excluding tert-OH is 1. The Morgan fingerprint density at radius 3 is 2.64 bits per heavy atom. The first-order valence-electron chi connectivity index (χ1n) is 5.95. The minimum absolute atomic E-state index is 0.148. The van der Waals surface area contributed by atoms with Crippen molar-refractivity contribution in [3.05, 3.63) is 0 Å². The molecule has 3 unspecified atom stereocenters. The molecule has 3 aliphatic carbocycles. The van der Waals surface area contributed by atoms with E-state index < -0.39 is 0 Å². The molecule has 0 aromatic heterocycles. The van der Waals surface area contributed by atoms with Gasteiger partial charge < -0.3 is 10.8 Å². The first-order valence-corrected chi connectivity index (χ1v) is 5.95. The van der Waals surface area contributed by atoms with Gasteiger partial charge in [0.15, 0.2) is 0 Å². The van der Waals surface area contributed by atoms with Gasteiger partial charge >= 0.3 is 0 Å². The van der Waals surface area contributed by atoms with Crippen LogP contribution in [0.4, 0.5) is 0 Å². The van der Waals surface area contributed by atoms with E-state index in [1.165, 1.54) is 19.3 Å². The molecule has 0 aromatic carbocycles. The minimum Gasteiger partial charge on any atom is -0.393 e. The Kier molecular flexibility index (Phi) is 2.61. The lowest BCUT2D eigenvalue weighted by atomic mass is 9.45. The predicted octanol–water partition coefficient (Wildman–Crippen LogP) is 1.77. The highest BCUT2D eigenvalue weighted by molar-refractivity contribution is 5.04. The van der Waals surface area contributed by atoms with Crippen LogP contribution in [0.3, 0.4) is 0 Å². The molecular formula is C12H23NO. The van der Waals surface area contributed by atoms with Crippen LogP contribution in [0, 0.1) is 23.2 Å². The van der Waals surface area contributed by atoms with Crippen LogP contribution in [0.1, 0.15) is 39.5 Å². The number of hydrogen-bond acceptors (Lipinski definition) is 2. The zero-order valence-electron chi connectivity index (χ0n) is 9.37. The van der Waals surface area contributed by atoms with Crippen molar-refractivity contribution in [3.63, 3.8) is 0 Å². The van der Waals surface area contributed by atoms with Gasteiger partial charge in [-0.15, -0.1) is 0 Å². The third-order valence-electron chi connectivity index (χ3n) is 4.87. The lowest BCUT2D eigenvalue weighted by Gasteiger charge is -2.61. The first kappa shape index (κ1) is 10.4. The molecule has 0 aromatic rings. The van der Waals surface area contributed by atoms with E-state index in [4.69, 9.17) is 5.73 Å². The maximum atomic E-state index is 10.0. The van der Waals surface area contributed by atoms with Crippen LogP contribution < -0.4 is 5.73 Å². The van der Waals surface area contributed by atoms with Crippen LogP contribution in [0.2, 0.25) is 0 Å². The number of fused-ring (bicyclic) bond motifs is 2. The molecule has 0 heterocycles. The molecular weight excluding hydrogens is 174 g/mol. The molecule has 4 atom stereocenters. The van der Waals surface area contributed by atoms with E-state index in [2.05, 4.69) is 13.8 Å². The van der Waals surface area contributed by atoms with E-state index in [1.54, 1.807) is 0 Å². The maximum absolute atomic E-state index is 10.0. The predicted molar refractivity (Wildman–Crippen MR) is 57.8 cm³/mol. The molecule has 2 bridgehead atoms. The molecule has 82 valence electrons. The van der Waals surface area contributed by atoms with Crippen LogP contribution >= 0.6 is 0 Å². The summed E-state index contributed by atoms with van der Waals surface area (Å²) in [5, 5.41) is 10.0. The van der Waals surface area contributed by atoms with Gasteiger partial charge in [0.2, 0.25) is 0 Å². The van der Waals surface area contributed by atoms with E-state index in [9.17, 15) is 5.11 Å². The van der Waals surface area contributed by atoms with Gasteiger partial charge in [0, 0.05) is 0 Å². The zero-order valence-corrected chi connectivity index (χ0v) is 9.37. The van der Waals surface area contributed by atoms with Crippen LogP contribution in [0.15, 0.2) is 0 Å². The summed E-state index contributed by atoms with van der Waals surface area (Å²) in [6.07, 6.45) is 4.52. The fourth-order valence-corrected chi connectivity index (χ4v) is 3.71. The number of hydrogen-bond donors (Lipinski definition) is 2. The van der Waals surface area contributed by atoms with E-state index in [0.717, 1.165) is 18.3 Å². The first-order chi connectivity index (χ1) is 6.57. The quantitative estimate of drug-likeness (QED) is 0.724. The Bertz CT molecular complexity index is 212. The zero-order chi connectivity index (χ0) is 10.3. The third-order valence-corrected chi connectivity index (χ3v) is 4.87. The summed E-state index contributed by atoms with van der Waals surface area (Å²) >= 11 is 0. The fourth-order valence-electron chi connectivity index (χ4n) is 3.71. The monoisotopic (exact) mass is 197 g/mol. The lowest BCUT2D eigenvalue weighted by molar-refractivity contribution is -0.137. The van der Waals surface area contributed by atoms with E-state index in [-0.39, 0.29) is 6.10 Å². The van der Waals surface area contributed by atoms with E-state index in [1.807, 2.05) is 0 Å². The molecule has 2 heteroatoms. The number of rotatable bonds is 3. The minimum atomic E-state index is -0.148. The Labute approximate surface area is 86.9 Å². The Balaban J connectivity index is 2.00. The molecule has 3 fully saturated rings. The third kappa shape index (κ3) is 1.40. The second-order valence-corrected chi connectivity index (χ2v) is 5.75. The van der Waals surface area contributed by atoms with Gasteiger partial charge in [0.25, 0.3) is 0 Å². The summed E-state index contributed by atoms with van der Waals surface area (Å²) in [5.41, 5.74) is 5.99. The topological polar surface area (TPSA) is 46.2 Å². The average molecular weight is 197 g/mol. The SMILES string of the molecule is CC1(C)C2CCC([C@H](O)CCN)C1C2. The highest BCUT2D eigenvalue weighted by Crippen LogP contribution is 2.62. The van der Waals surface area contributed by atoms with Gasteiger partial charge in [0.1, 0.15) is 0 Å². The smallest absolute Gasteiger partial charge is 0.0583 e. The standard InChI is InChI=1S/C12H23NO/c1-12(2)8-3-4-9(10(12)7-8)11(14)5-6-13/h8-11,14H,3-7,13H2,1-2H3/t8?,9?,10?,11-/m1/s1. The maximum Gasteiger partial charge on any atom is 0.0583 e. The van der Waals surface area contributed by atoms with Crippen molar-refractivity contribution >= 4 is 0 Å². The molecule has 0 radical (unpaired) electrons. The average Bonchev–Trinajstić information content (AvgIpc) is 2.18. The van der Waals surface area contributed by atoms with Crippen molar-refractivity contribution in [2.24, 2.45) is 28.9 Å². The van der Waals surface area contributed by atoms with E-state index in [0.29, 0.717) is 17.9 Å². The molecule has 0 aliphatic heterocycles. The summed E-state index contributed by atoms with van der Waals surface area (Å²) in [7, 11) is 0. The Morgan fingerprint density at radius 1 is 1.43 bits per heavy atom. The Morgan fingerprint density at radius 2 is 2.14 bits per heavy atom. The molecule has 2 nitrogen and oxygen atoms in total. The normalized spacial score (nSPS) is 41.6. The van der Waals surface area contributed by atoms with Gasteiger partial charge in [-0.25, -0.2) is 0 Å². The van der Waals surface area contributed by atoms with Crippen molar-refractivity contribution < 1.29 is 5.11 Å². The van der Waals surface area contributed by atoms with Crippen LogP contribution in [-0.4, -0.2) is 17.8 Å². The fraction of sp³-hybridized carbons (Fsp3) is 1.00. The second kappa shape index (κ2) is 3.49. The molecule has 0 amide bonds. The summed E-state index contributed by atoms with van der Waals surface area (Å²) in [4.78, 5) is 0. The summed E-state index contributed by atoms with van der Waals surface area (Å²) in [5.74, 6) is 2.20. The van der Waals surface area contributed by atoms with Crippen molar-refractivity contribution in [3.8, 4) is 0 Å². The molecule has 0 spiro atoms. The van der Waals surface area contributed by atoms with Gasteiger partial charge in [-0.1, -0.05) is 13.8 Å². The van der Waals surface area contributed by atoms with Crippen molar-refractivity contribution in [2.45, 2.75) is 45.6 Å². The van der Waals surface area contributed by atoms with Gasteiger partial charge in [-0.05, 0) is 55.4 Å². The molecule has 0 saturated heterocycles. The number of nitrogens with two attached hydrogens (primary N) is 1. The van der Waals surface area contributed by atoms with Crippen LogP contribution in [-0.2, 0) is 0 Å². The van der Waals surface area contributed by atoms with E-state index >= 15 is 0 Å². The van der Waals surface area contributed by atoms with Gasteiger partial charge in [-0.3, -0.25) is 0 Å². The highest BCUT2D eigenvalue weighted by atomic mass is 16.3. The molecule has 14 heavy (non-hydrogen) atoms. The number of aliphatic hydroxyl groups is 1. The lowest BCUT2D eigenvalue weighted by Crippen LogP contribution is -2.55. The van der Waals surface area contributed by atoms with Gasteiger partial charge in [0.05, 0.1) is 6.10 Å². The largest absolute Gasteiger partial charge is 0.393 e. The van der Waals surface area contributed by atoms with Crippen molar-refractivity contribution in [2.75, 3.05) is 6.54 Å². The summed E-state index contributed by atoms with van der Waals surface area (Å²) in [6.45, 7) is 5.36. The van der Waals surface area contributed by atoms with Crippen LogP contribution in [0.5, 0.6) is 0 Å². The Hall–Kier alpha value is -0.0800. The summed E-state index contributed by atoms with van der Waals surface area (Å²) in [6, 6.07) is 0. The summed E-state index contributed by atoms with van der Waals surface area (Å²) < 4.78 is 0. The van der Waals surface area contributed by atoms with Crippen molar-refractivity contribution in [1.29, 1.82) is 0 Å². The molecule has 3 saturated carbocycles. The highest BCUT2D eigenvalue weighted by Gasteiger charge is 2.55. The second-order valence-electron chi connectivity index (χ2n) is 5.75. The molecule has 3 aliphatic rings. The molecule has 3 N–H and O–H groups in total. The van der Waals surface area contributed by atoms with Gasteiger partial charge in [-0.2, -0.15) is 0 Å².